The van der Waals surface area contributed by atoms with E-state index in [9.17, 15) is 4.79 Å². The molecule has 0 bridgehead atoms. The van der Waals surface area contributed by atoms with Crippen LogP contribution in [0.25, 0.3) is 0 Å². The summed E-state index contributed by atoms with van der Waals surface area (Å²) in [4.78, 5) is 15.9. The molecule has 0 unspecified atom stereocenters. The number of alkyl halides is 1. The fourth-order valence-corrected chi connectivity index (χ4v) is 8.42. The Kier molecular flexibility index (Phi) is 9.65. The van der Waals surface area contributed by atoms with E-state index >= 15 is 0 Å². The van der Waals surface area contributed by atoms with E-state index in [2.05, 4.69) is 83.3 Å². The Balaban J connectivity index is 1.42. The lowest BCUT2D eigenvalue weighted by Gasteiger charge is -2.22. The monoisotopic (exact) mass is 625 g/mol. The second-order valence-corrected chi connectivity index (χ2v) is 13.6. The van der Waals surface area contributed by atoms with Gasteiger partial charge >= 0.3 is 5.97 Å². The second kappa shape index (κ2) is 13.3. The molecule has 2 aliphatic carbocycles. The third-order valence-corrected chi connectivity index (χ3v) is 10.7. The molecule has 0 atom stereocenters. The molecule has 0 saturated heterocycles. The predicted molar refractivity (Wildman–Crippen MR) is 162 cm³/mol. The normalized spacial score (nSPS) is 17.1. The molecule has 0 aromatic heterocycles. The summed E-state index contributed by atoms with van der Waals surface area (Å²) in [6.07, 6.45) is 14.0. The van der Waals surface area contributed by atoms with Gasteiger partial charge in [-0.1, -0.05) is 85.4 Å². The number of rotatable bonds is 8. The van der Waals surface area contributed by atoms with E-state index in [1.54, 1.807) is 0 Å². The molecule has 5 rings (SSSR count). The first kappa shape index (κ1) is 26.8. The number of ether oxygens (including phenoxy) is 1. The molecule has 2 saturated carbocycles. The van der Waals surface area contributed by atoms with E-state index in [4.69, 9.17) is 4.74 Å². The molecule has 194 valence electrons. The van der Waals surface area contributed by atoms with Crippen LogP contribution in [0.15, 0.2) is 87.5 Å². The van der Waals surface area contributed by atoms with Gasteiger partial charge in [0.05, 0.1) is 17.3 Å². The van der Waals surface area contributed by atoms with Crippen molar-refractivity contribution in [1.29, 1.82) is 0 Å². The molecule has 0 radical (unpaired) electrons. The molecule has 0 amide bonds. The van der Waals surface area contributed by atoms with E-state index in [1.165, 1.54) is 90.0 Å². The van der Waals surface area contributed by atoms with Crippen molar-refractivity contribution in [3.63, 3.8) is 0 Å². The molecule has 37 heavy (non-hydrogen) atoms. The van der Waals surface area contributed by atoms with Crippen LogP contribution in [0.5, 0.6) is 5.75 Å². The van der Waals surface area contributed by atoms with Gasteiger partial charge < -0.3 is 4.74 Å². The average Bonchev–Trinajstić information content (AvgIpc) is 2.96. The van der Waals surface area contributed by atoms with E-state index in [0.717, 1.165) is 16.3 Å². The van der Waals surface area contributed by atoms with E-state index in [1.807, 2.05) is 12.1 Å². The molecule has 2 nitrogen and oxygen atoms in total. The summed E-state index contributed by atoms with van der Waals surface area (Å²) in [5, 5.41) is 0. The Labute approximate surface area is 239 Å². The van der Waals surface area contributed by atoms with E-state index in [0.29, 0.717) is 12.2 Å². The van der Waals surface area contributed by atoms with Crippen LogP contribution in [0.1, 0.15) is 93.6 Å². The van der Waals surface area contributed by atoms with Crippen molar-refractivity contribution in [2.24, 2.45) is 0 Å². The van der Waals surface area contributed by atoms with Gasteiger partial charge in [0, 0.05) is 4.43 Å². The summed E-state index contributed by atoms with van der Waals surface area (Å²) in [7, 11) is -0.207. The van der Waals surface area contributed by atoms with Gasteiger partial charge in [0.25, 0.3) is 0 Å². The molecule has 0 N–H and O–H groups in total. The summed E-state index contributed by atoms with van der Waals surface area (Å²) in [5.41, 5.74) is 2.99. The van der Waals surface area contributed by atoms with Gasteiger partial charge in [0.2, 0.25) is 0 Å². The molecule has 0 heterocycles. The van der Waals surface area contributed by atoms with Crippen LogP contribution >= 0.6 is 22.6 Å². The van der Waals surface area contributed by atoms with Crippen LogP contribution in [0.3, 0.4) is 0 Å². The van der Waals surface area contributed by atoms with Crippen molar-refractivity contribution in [1.82, 2.24) is 0 Å². The van der Waals surface area contributed by atoms with Crippen LogP contribution < -0.4 is 4.74 Å². The molecule has 4 heteroatoms. The Hall–Kier alpha value is -1.79. The molecule has 2 fully saturated rings. The third kappa shape index (κ3) is 7.00. The van der Waals surface area contributed by atoms with Gasteiger partial charge in [-0.05, 0) is 97.2 Å². The van der Waals surface area contributed by atoms with Gasteiger partial charge in [0.1, 0.15) is 5.75 Å². The molecule has 0 spiro atoms. The second-order valence-electron chi connectivity index (χ2n) is 10.5. The summed E-state index contributed by atoms with van der Waals surface area (Å²) in [5.74, 6) is 1.90. The van der Waals surface area contributed by atoms with Crippen LogP contribution in [-0.2, 0) is 15.7 Å². The zero-order valence-corrected chi connectivity index (χ0v) is 24.6. The van der Waals surface area contributed by atoms with Gasteiger partial charge in [-0.2, -0.15) is 0 Å². The van der Waals surface area contributed by atoms with Crippen molar-refractivity contribution in [2.75, 3.05) is 4.43 Å². The fourth-order valence-electron chi connectivity index (χ4n) is 5.94. The minimum absolute atomic E-state index is 0.169. The first-order chi connectivity index (χ1) is 18.2. The lowest BCUT2D eigenvalue weighted by molar-refractivity contribution is -0.133. The van der Waals surface area contributed by atoms with Gasteiger partial charge in [-0.3, -0.25) is 4.79 Å². The maximum atomic E-state index is 12.0. The lowest BCUT2D eigenvalue weighted by Crippen LogP contribution is -2.09. The highest BCUT2D eigenvalue weighted by molar-refractivity contribution is 14.1. The summed E-state index contributed by atoms with van der Waals surface area (Å²) in [6.45, 7) is 0. The maximum absolute atomic E-state index is 12.0. The van der Waals surface area contributed by atoms with E-state index in [-0.39, 0.29) is 16.9 Å². The Morgan fingerprint density at radius 1 is 0.649 bits per heavy atom. The van der Waals surface area contributed by atoms with Crippen molar-refractivity contribution in [3.8, 4) is 5.75 Å². The molecular weight excluding hydrogens is 587 g/mol. The van der Waals surface area contributed by atoms with Crippen LogP contribution in [-0.4, -0.2) is 10.4 Å². The van der Waals surface area contributed by atoms with E-state index < -0.39 is 0 Å². The quantitative estimate of drug-likeness (QED) is 0.0820. The summed E-state index contributed by atoms with van der Waals surface area (Å²) < 4.78 is 6.30. The summed E-state index contributed by atoms with van der Waals surface area (Å²) in [6, 6.07) is 27.1. The highest BCUT2D eigenvalue weighted by atomic mass is 127. The van der Waals surface area contributed by atoms with Gasteiger partial charge in [-0.15, -0.1) is 0 Å². The van der Waals surface area contributed by atoms with Crippen molar-refractivity contribution in [3.05, 3.63) is 83.9 Å². The molecule has 0 aliphatic heterocycles. The topological polar surface area (TPSA) is 26.3 Å². The van der Waals surface area contributed by atoms with Crippen LogP contribution in [0, 0.1) is 0 Å². The van der Waals surface area contributed by atoms with Gasteiger partial charge in [-0.25, -0.2) is 0 Å². The fraction of sp³-hybridized carbons (Fsp3) is 0.424. The maximum Gasteiger partial charge on any atom is 0.311 e. The van der Waals surface area contributed by atoms with Crippen LogP contribution in [0.4, 0.5) is 0 Å². The third-order valence-electron chi connectivity index (χ3n) is 7.97. The highest BCUT2D eigenvalue weighted by Crippen LogP contribution is 2.38. The Morgan fingerprint density at radius 2 is 1.05 bits per heavy atom. The number of hydrogen-bond acceptors (Lipinski definition) is 2. The largest absolute Gasteiger partial charge is 0.427 e. The number of benzene rings is 3. The predicted octanol–water partition coefficient (Wildman–Crippen LogP) is 9.61. The molecule has 3 aromatic carbocycles. The number of carbonyl (C=O) groups excluding carboxylic acids is 1. The zero-order valence-electron chi connectivity index (χ0n) is 21.7. The van der Waals surface area contributed by atoms with Crippen molar-refractivity contribution < 1.29 is 9.53 Å². The molecule has 3 aromatic rings. The number of carbonyl (C=O) groups is 1. The first-order valence-electron chi connectivity index (χ1n) is 14.0. The number of esters is 1. The smallest absolute Gasteiger partial charge is 0.311 e. The standard InChI is InChI=1S/C33H38IO2S/c34-24-23-33(35)36-29-15-21-32(22-16-29)37(30-17-11-27(12-18-30)25-7-3-1-4-8-25)31-19-13-28(14-20-31)26-9-5-2-6-10-26/h11-22,25-26H,1-10,23-24H2/q+1. The van der Waals surface area contributed by atoms with Gasteiger partial charge in [0.15, 0.2) is 14.7 Å². The zero-order chi connectivity index (χ0) is 25.5. The SMILES string of the molecule is O=C(CCI)Oc1ccc([S+](c2ccc(C3CCCCC3)cc2)c2ccc(C3CCCCC3)cc2)cc1. The van der Waals surface area contributed by atoms with Crippen molar-refractivity contribution >= 4 is 39.5 Å². The Bertz CT molecular complexity index is 1070. The van der Waals surface area contributed by atoms with Crippen LogP contribution in [0.2, 0.25) is 0 Å². The first-order valence-corrected chi connectivity index (χ1v) is 16.8. The lowest BCUT2D eigenvalue weighted by atomic mass is 9.84. The minimum atomic E-state index is -0.207. The number of hydrogen-bond donors (Lipinski definition) is 0. The summed E-state index contributed by atoms with van der Waals surface area (Å²) >= 11 is 2.21. The Morgan fingerprint density at radius 3 is 1.46 bits per heavy atom. The molecule has 2 aliphatic rings. The average molecular weight is 626 g/mol. The minimum Gasteiger partial charge on any atom is -0.427 e. The van der Waals surface area contributed by atoms with Crippen molar-refractivity contribution in [2.45, 2.75) is 97.2 Å². The number of halogens is 1. The molecular formula is C33H38IO2S+. The highest BCUT2D eigenvalue weighted by Gasteiger charge is 2.30.